The first kappa shape index (κ1) is 51.3. The molecule has 2 heteroatoms. The van der Waals surface area contributed by atoms with Gasteiger partial charge < -0.3 is 4.57 Å². The smallest absolute Gasteiger partial charge is 0.180 e. The van der Waals surface area contributed by atoms with Crippen LogP contribution in [-0.4, -0.2) is 12.6 Å². The van der Waals surface area contributed by atoms with Crippen LogP contribution in [0.25, 0.3) is 138 Å². The number of fused-ring (bicyclic) bond motifs is 9. The van der Waals surface area contributed by atoms with Crippen molar-refractivity contribution in [3.8, 4) is 94.7 Å². The highest BCUT2D eigenvalue weighted by atomic mass is 28.3. The zero-order valence-corrected chi connectivity index (χ0v) is 49.4. The molecule has 16 aromatic rings. The highest BCUT2D eigenvalue weighted by Gasteiger charge is 2.49. The van der Waals surface area contributed by atoms with E-state index >= 15 is 0 Å². The van der Waals surface area contributed by atoms with E-state index in [1.54, 1.807) is 0 Å². The topological polar surface area (TPSA) is 4.93 Å². The van der Waals surface area contributed by atoms with Crippen molar-refractivity contribution in [3.63, 3.8) is 0 Å². The summed E-state index contributed by atoms with van der Waals surface area (Å²) in [5, 5.41) is 13.1. The van der Waals surface area contributed by atoms with E-state index in [9.17, 15) is 0 Å². The summed E-state index contributed by atoms with van der Waals surface area (Å²) >= 11 is 0. The summed E-state index contributed by atoms with van der Waals surface area (Å²) in [6.07, 6.45) is 0. The molecule has 0 atom stereocenters. The quantitative estimate of drug-likeness (QED) is 0.0950. The molecule has 410 valence electrons. The van der Waals surface area contributed by atoms with Crippen molar-refractivity contribution in [2.24, 2.45) is 0 Å². The Balaban J connectivity index is 0.819. The van der Waals surface area contributed by atoms with E-state index in [0.717, 1.165) is 5.69 Å². The average Bonchev–Trinajstić information content (AvgIpc) is 1.56. The SMILES string of the molecule is c1ccc(-c2ccc(-c3ccc(-c4ccc5c(c4)c4cc(-c6ccc(-c7ccc(-c8ccccc8)cc7)cc6)ccc4n5-c4ccc5c(c4)[Si](c4ccccc4)(c4ccccc4)c4cc(-c6cc7ccccc7c7ccccc67)ccc4-5)cc3)cc2)cc1. The third kappa shape index (κ3) is 8.52. The van der Waals surface area contributed by atoms with Crippen LogP contribution >= 0.6 is 0 Å². The molecule has 1 aromatic heterocycles. The molecule has 88 heavy (non-hydrogen) atoms. The molecule has 0 fully saturated rings. The normalized spacial score (nSPS) is 12.4. The predicted octanol–water partition coefficient (Wildman–Crippen LogP) is 20.1. The number of hydrogen-bond acceptors (Lipinski definition) is 0. The lowest BCUT2D eigenvalue weighted by molar-refractivity contribution is 1.18. The molecule has 17 rings (SSSR count). The van der Waals surface area contributed by atoms with Gasteiger partial charge in [0.2, 0.25) is 0 Å². The molecule has 1 aliphatic heterocycles. The van der Waals surface area contributed by atoms with E-state index in [2.05, 4.69) is 350 Å². The third-order valence-electron chi connectivity index (χ3n) is 18.7. The maximum absolute atomic E-state index is 3.01. The van der Waals surface area contributed by atoms with Crippen LogP contribution in [0.3, 0.4) is 0 Å². The fraction of sp³-hybridized carbons (Fsp3) is 0. The summed E-state index contributed by atoms with van der Waals surface area (Å²) in [5.41, 5.74) is 23.1. The Morgan fingerprint density at radius 1 is 0.193 bits per heavy atom. The zero-order valence-electron chi connectivity index (χ0n) is 48.4. The van der Waals surface area contributed by atoms with E-state index in [-0.39, 0.29) is 0 Å². The molecule has 0 unspecified atom stereocenters. The van der Waals surface area contributed by atoms with Crippen molar-refractivity contribution in [2.75, 3.05) is 0 Å². The van der Waals surface area contributed by atoms with Crippen LogP contribution in [0.1, 0.15) is 0 Å². The van der Waals surface area contributed by atoms with E-state index in [1.807, 2.05) is 0 Å². The molecule has 1 nitrogen and oxygen atoms in total. The summed E-state index contributed by atoms with van der Waals surface area (Å²) in [6, 6.07) is 129. The molecule has 0 radical (unpaired) electrons. The highest BCUT2D eigenvalue weighted by molar-refractivity contribution is 7.22. The van der Waals surface area contributed by atoms with Gasteiger partial charge in [-0.05, 0) is 174 Å². The van der Waals surface area contributed by atoms with Crippen molar-refractivity contribution >= 4 is 72.2 Å². The highest BCUT2D eigenvalue weighted by Crippen LogP contribution is 2.42. The van der Waals surface area contributed by atoms with Gasteiger partial charge in [0, 0.05) is 16.5 Å². The second kappa shape index (κ2) is 21.1. The van der Waals surface area contributed by atoms with Gasteiger partial charge >= 0.3 is 0 Å². The maximum atomic E-state index is 2.57. The number of benzene rings is 15. The minimum atomic E-state index is -3.01. The largest absolute Gasteiger partial charge is 0.309 e. The Morgan fingerprint density at radius 2 is 0.534 bits per heavy atom. The Kier molecular flexibility index (Phi) is 12.3. The monoisotopic (exact) mass is 1130 g/mol. The minimum absolute atomic E-state index is 1.15. The standard InChI is InChI=1S/C86H57NSi/c1-5-17-58(18-6-1)60-29-33-62(34-30-60)64-37-41-66(42-38-64)68-46-51-83-81(53-68)82-54-69(67-43-39-65(40-44-67)63-35-31-61(32-36-63)59-19-7-2-8-20-59)47-52-84(82)87(83)72-48-50-79-78-49-45-71(80-55-70-21-13-14-26-75(70)76-27-15-16-28-77(76)80)56-85(78)88(86(79)57-72,73-22-9-3-10-23-73)74-24-11-4-12-25-74/h1-57H. The molecule has 15 aromatic carbocycles. The first-order valence-electron chi connectivity index (χ1n) is 30.5. The molecule has 0 spiro atoms. The van der Waals surface area contributed by atoms with E-state index < -0.39 is 8.07 Å². The molecular formula is C86H57NSi. The van der Waals surface area contributed by atoms with Gasteiger partial charge in [-0.15, -0.1) is 0 Å². The molecular weight excluding hydrogens is 1080 g/mol. The van der Waals surface area contributed by atoms with Crippen LogP contribution in [0, 0.1) is 0 Å². The predicted molar refractivity (Wildman–Crippen MR) is 376 cm³/mol. The first-order valence-corrected chi connectivity index (χ1v) is 32.5. The van der Waals surface area contributed by atoms with Crippen molar-refractivity contribution in [3.05, 3.63) is 346 Å². The summed E-state index contributed by atoms with van der Waals surface area (Å²) in [6.45, 7) is 0. The zero-order chi connectivity index (χ0) is 58.1. The summed E-state index contributed by atoms with van der Waals surface area (Å²) in [7, 11) is -3.01. The number of hydrogen-bond donors (Lipinski definition) is 0. The van der Waals surface area contributed by atoms with Crippen LogP contribution in [-0.2, 0) is 0 Å². The van der Waals surface area contributed by atoms with Gasteiger partial charge in [-0.1, -0.05) is 303 Å². The lowest BCUT2D eigenvalue weighted by atomic mass is 9.92. The minimum Gasteiger partial charge on any atom is -0.309 e. The van der Waals surface area contributed by atoms with Gasteiger partial charge in [0.05, 0.1) is 11.0 Å². The average molecular weight is 1130 g/mol. The Morgan fingerprint density at radius 3 is 1.00 bits per heavy atom. The number of rotatable bonds is 10. The van der Waals surface area contributed by atoms with Gasteiger partial charge in [-0.25, -0.2) is 0 Å². The van der Waals surface area contributed by atoms with Crippen LogP contribution in [0.2, 0.25) is 0 Å². The Hall–Kier alpha value is -11.2. The fourth-order valence-electron chi connectivity index (χ4n) is 14.4. The lowest BCUT2D eigenvalue weighted by Crippen LogP contribution is -2.72. The molecule has 0 bridgehead atoms. The Bertz CT molecular complexity index is 5080. The van der Waals surface area contributed by atoms with Crippen LogP contribution in [0.5, 0.6) is 0 Å². The summed E-state index contributed by atoms with van der Waals surface area (Å²) in [4.78, 5) is 0. The van der Waals surface area contributed by atoms with Crippen molar-refractivity contribution < 1.29 is 0 Å². The van der Waals surface area contributed by atoms with Gasteiger partial charge in [0.25, 0.3) is 0 Å². The second-order valence-electron chi connectivity index (χ2n) is 23.5. The van der Waals surface area contributed by atoms with Crippen LogP contribution in [0.15, 0.2) is 346 Å². The molecule has 0 N–H and O–H groups in total. The Labute approximate surface area is 514 Å². The number of aromatic nitrogens is 1. The molecule has 0 saturated heterocycles. The van der Waals surface area contributed by atoms with E-state index in [1.165, 1.54) is 153 Å². The van der Waals surface area contributed by atoms with Crippen molar-refractivity contribution in [1.29, 1.82) is 0 Å². The second-order valence-corrected chi connectivity index (χ2v) is 27.2. The summed E-state index contributed by atoms with van der Waals surface area (Å²) < 4.78 is 2.54. The third-order valence-corrected chi connectivity index (χ3v) is 23.6. The maximum Gasteiger partial charge on any atom is 0.180 e. The first-order chi connectivity index (χ1) is 43.6. The van der Waals surface area contributed by atoms with E-state index in [0.29, 0.717) is 0 Å². The molecule has 0 amide bonds. The van der Waals surface area contributed by atoms with Crippen LogP contribution in [0.4, 0.5) is 0 Å². The molecule has 2 heterocycles. The lowest BCUT2D eigenvalue weighted by Gasteiger charge is -2.32. The van der Waals surface area contributed by atoms with Gasteiger partial charge in [0.15, 0.2) is 8.07 Å². The van der Waals surface area contributed by atoms with Crippen LogP contribution < -0.4 is 20.7 Å². The molecule has 0 saturated carbocycles. The van der Waals surface area contributed by atoms with Crippen molar-refractivity contribution in [1.82, 2.24) is 4.57 Å². The van der Waals surface area contributed by atoms with Gasteiger partial charge in [0.1, 0.15) is 0 Å². The van der Waals surface area contributed by atoms with Gasteiger partial charge in [-0.2, -0.15) is 0 Å². The van der Waals surface area contributed by atoms with Gasteiger partial charge in [-0.3, -0.25) is 0 Å². The molecule has 1 aliphatic rings. The van der Waals surface area contributed by atoms with E-state index in [4.69, 9.17) is 0 Å². The summed E-state index contributed by atoms with van der Waals surface area (Å²) in [5.74, 6) is 0. The van der Waals surface area contributed by atoms with Crippen molar-refractivity contribution in [2.45, 2.75) is 0 Å². The fourth-order valence-corrected chi connectivity index (χ4v) is 19.7. The molecule has 0 aliphatic carbocycles. The number of nitrogens with zero attached hydrogens (tertiary/aromatic N) is 1.